The van der Waals surface area contributed by atoms with Crippen molar-refractivity contribution in [3.8, 4) is 11.4 Å². The van der Waals surface area contributed by atoms with Crippen LogP contribution in [0.15, 0.2) is 54.9 Å². The summed E-state index contributed by atoms with van der Waals surface area (Å²) in [5.74, 6) is 1.94. The van der Waals surface area contributed by atoms with Gasteiger partial charge in [-0.15, -0.1) is 0 Å². The number of nitrogens with one attached hydrogen (secondary N) is 3. The van der Waals surface area contributed by atoms with E-state index in [4.69, 9.17) is 4.98 Å². The number of benzene rings is 2. The lowest BCUT2D eigenvalue weighted by Gasteiger charge is -2.24. The predicted molar refractivity (Wildman–Crippen MR) is 127 cm³/mol. The van der Waals surface area contributed by atoms with Gasteiger partial charge in [0.15, 0.2) is 11.6 Å². The topological polar surface area (TPSA) is 95.6 Å². The fourth-order valence-corrected chi connectivity index (χ4v) is 4.21. The van der Waals surface area contributed by atoms with E-state index in [1.165, 1.54) is 0 Å². The first-order valence-electron chi connectivity index (χ1n) is 10.9. The van der Waals surface area contributed by atoms with Crippen molar-refractivity contribution in [3.05, 3.63) is 60.4 Å². The molecule has 1 aliphatic heterocycles. The first kappa shape index (κ1) is 20.2. The molecule has 0 bridgehead atoms. The van der Waals surface area contributed by atoms with E-state index in [0.29, 0.717) is 30.4 Å². The third-order valence-electron chi connectivity index (χ3n) is 5.90. The summed E-state index contributed by atoms with van der Waals surface area (Å²) >= 11 is 0. The van der Waals surface area contributed by atoms with Crippen molar-refractivity contribution in [3.63, 3.8) is 0 Å². The number of Topliss-reactive ketones (excluding diaryl/α,β-unsaturated/α-hetero) is 1. The second-order valence-electron chi connectivity index (χ2n) is 9.09. The summed E-state index contributed by atoms with van der Waals surface area (Å²) in [6, 6.07) is 14.0. The molecule has 1 aliphatic rings. The molecule has 2 aromatic carbocycles. The number of carbonyl (C=O) groups excluding carboxylic acids is 1. The third-order valence-corrected chi connectivity index (χ3v) is 5.90. The van der Waals surface area contributed by atoms with Gasteiger partial charge in [-0.05, 0) is 48.7 Å². The van der Waals surface area contributed by atoms with Crippen LogP contribution >= 0.6 is 0 Å². The maximum Gasteiger partial charge on any atom is 0.161 e. The number of aromatic amines is 1. The maximum atomic E-state index is 12.8. The van der Waals surface area contributed by atoms with Crippen LogP contribution in [0.2, 0.25) is 0 Å². The summed E-state index contributed by atoms with van der Waals surface area (Å²) in [5, 5.41) is 14.9. The fraction of sp³-hybridized carbons (Fsp3) is 0.280. The van der Waals surface area contributed by atoms with Gasteiger partial charge in [0.25, 0.3) is 0 Å². The van der Waals surface area contributed by atoms with Gasteiger partial charge < -0.3 is 10.6 Å². The third kappa shape index (κ3) is 3.82. The van der Waals surface area contributed by atoms with Gasteiger partial charge in [0.1, 0.15) is 5.82 Å². The molecule has 4 aromatic rings. The molecule has 1 unspecified atom stereocenters. The van der Waals surface area contributed by atoms with Gasteiger partial charge in [-0.25, -0.2) is 9.97 Å². The van der Waals surface area contributed by atoms with Gasteiger partial charge in [0.2, 0.25) is 0 Å². The smallest absolute Gasteiger partial charge is 0.161 e. The Morgan fingerprint density at radius 2 is 2.06 bits per heavy atom. The largest absolute Gasteiger partial charge is 0.372 e. The molecule has 5 rings (SSSR count). The van der Waals surface area contributed by atoms with Crippen molar-refractivity contribution in [1.82, 2.24) is 20.2 Å². The summed E-state index contributed by atoms with van der Waals surface area (Å²) in [5.41, 5.74) is 4.40. The quantitative estimate of drug-likeness (QED) is 0.397. The highest BCUT2D eigenvalue weighted by Gasteiger charge is 2.38. The highest BCUT2D eigenvalue weighted by atomic mass is 16.1. The van der Waals surface area contributed by atoms with E-state index in [0.717, 1.165) is 33.4 Å². The van der Waals surface area contributed by atoms with E-state index in [9.17, 15) is 4.79 Å². The molecule has 32 heavy (non-hydrogen) atoms. The normalized spacial score (nSPS) is 17.4. The number of anilines is 3. The molecule has 7 heteroatoms. The van der Waals surface area contributed by atoms with Crippen LogP contribution in [0, 0.1) is 5.92 Å². The molecule has 0 aliphatic carbocycles. The van der Waals surface area contributed by atoms with E-state index in [1.54, 1.807) is 12.4 Å². The van der Waals surface area contributed by atoms with Crippen molar-refractivity contribution in [2.75, 3.05) is 10.6 Å². The molecule has 0 spiro atoms. The van der Waals surface area contributed by atoms with Gasteiger partial charge >= 0.3 is 0 Å². The molecular weight excluding hydrogens is 400 g/mol. The van der Waals surface area contributed by atoms with Crippen LogP contribution in [0.25, 0.3) is 22.3 Å². The second kappa shape index (κ2) is 7.75. The van der Waals surface area contributed by atoms with E-state index < -0.39 is 5.54 Å². The Balaban J connectivity index is 1.38. The van der Waals surface area contributed by atoms with Crippen LogP contribution in [0.4, 0.5) is 17.2 Å². The van der Waals surface area contributed by atoms with Gasteiger partial charge in [-0.3, -0.25) is 9.89 Å². The van der Waals surface area contributed by atoms with E-state index in [2.05, 4.69) is 45.7 Å². The first-order valence-corrected chi connectivity index (χ1v) is 10.9. The van der Waals surface area contributed by atoms with Crippen molar-refractivity contribution in [2.24, 2.45) is 5.92 Å². The Kier molecular flexibility index (Phi) is 4.89. The molecule has 3 N–H and O–H groups in total. The second-order valence-corrected chi connectivity index (χ2v) is 9.09. The van der Waals surface area contributed by atoms with Crippen LogP contribution < -0.4 is 10.6 Å². The lowest BCUT2D eigenvalue weighted by atomic mass is 9.88. The van der Waals surface area contributed by atoms with Gasteiger partial charge in [0.05, 0.1) is 17.3 Å². The van der Waals surface area contributed by atoms with Crippen LogP contribution in [-0.4, -0.2) is 31.5 Å². The molecule has 0 radical (unpaired) electrons. The molecule has 3 heterocycles. The Labute approximate surface area is 186 Å². The number of hydrogen-bond acceptors (Lipinski definition) is 6. The van der Waals surface area contributed by atoms with Crippen LogP contribution in [0.1, 0.15) is 32.8 Å². The molecular formula is C25H26N6O. The molecule has 0 saturated heterocycles. The summed E-state index contributed by atoms with van der Waals surface area (Å²) in [6.45, 7) is 6.15. The maximum absolute atomic E-state index is 12.8. The SMILES string of the molecule is CC(C)CC(=O)C1(C)Cc2ccc(-c3nccc(Nc4ccc5[nH]ncc5c4)n3)cc2N1. The molecule has 0 amide bonds. The molecule has 7 nitrogen and oxygen atoms in total. The predicted octanol–water partition coefficient (Wildman–Crippen LogP) is 5.11. The molecule has 0 saturated carbocycles. The minimum absolute atomic E-state index is 0.252. The lowest BCUT2D eigenvalue weighted by Crippen LogP contribution is -2.42. The van der Waals surface area contributed by atoms with Crippen molar-refractivity contribution < 1.29 is 4.79 Å². The zero-order valence-electron chi connectivity index (χ0n) is 18.4. The number of nitrogens with zero attached hydrogens (tertiary/aromatic N) is 3. The Morgan fingerprint density at radius 3 is 2.91 bits per heavy atom. The van der Waals surface area contributed by atoms with E-state index in [-0.39, 0.29) is 5.78 Å². The number of fused-ring (bicyclic) bond motifs is 2. The highest BCUT2D eigenvalue weighted by Crippen LogP contribution is 2.36. The number of rotatable bonds is 6. The van der Waals surface area contributed by atoms with Crippen LogP contribution in [0.3, 0.4) is 0 Å². The van der Waals surface area contributed by atoms with Crippen molar-refractivity contribution in [1.29, 1.82) is 0 Å². The monoisotopic (exact) mass is 426 g/mol. The lowest BCUT2D eigenvalue weighted by molar-refractivity contribution is -0.123. The molecule has 1 atom stereocenters. The summed E-state index contributed by atoms with van der Waals surface area (Å²) < 4.78 is 0. The van der Waals surface area contributed by atoms with Crippen molar-refractivity contribution >= 4 is 33.9 Å². The summed E-state index contributed by atoms with van der Waals surface area (Å²) in [4.78, 5) is 22.0. The zero-order valence-corrected chi connectivity index (χ0v) is 18.4. The highest BCUT2D eigenvalue weighted by molar-refractivity contribution is 5.94. The number of carbonyl (C=O) groups is 1. The van der Waals surface area contributed by atoms with Gasteiger partial charge in [-0.2, -0.15) is 5.10 Å². The van der Waals surface area contributed by atoms with Gasteiger partial charge in [-0.1, -0.05) is 26.0 Å². The average Bonchev–Trinajstić information content (AvgIpc) is 3.36. The fourth-order valence-electron chi connectivity index (χ4n) is 4.21. The average molecular weight is 427 g/mol. The Morgan fingerprint density at radius 1 is 1.19 bits per heavy atom. The zero-order chi connectivity index (χ0) is 22.3. The summed E-state index contributed by atoms with van der Waals surface area (Å²) in [7, 11) is 0. The van der Waals surface area contributed by atoms with Crippen LogP contribution in [0.5, 0.6) is 0 Å². The number of hydrogen-bond donors (Lipinski definition) is 3. The van der Waals surface area contributed by atoms with E-state index >= 15 is 0 Å². The minimum Gasteiger partial charge on any atom is -0.372 e. The molecule has 0 fully saturated rings. The minimum atomic E-state index is -0.554. The van der Waals surface area contributed by atoms with E-state index in [1.807, 2.05) is 43.3 Å². The Bertz CT molecular complexity index is 1310. The van der Waals surface area contributed by atoms with Gasteiger partial charge in [0, 0.05) is 41.4 Å². The number of ketones is 1. The first-order chi connectivity index (χ1) is 15.4. The number of aromatic nitrogens is 4. The summed E-state index contributed by atoms with van der Waals surface area (Å²) in [6.07, 6.45) is 4.82. The Hall–Kier alpha value is -3.74. The molecule has 2 aromatic heterocycles. The van der Waals surface area contributed by atoms with Crippen LogP contribution in [-0.2, 0) is 11.2 Å². The standard InChI is InChI=1S/C25H26N6O/c1-15(2)10-22(32)25(3)13-17-5-4-16(12-21(17)30-25)24-26-9-8-23(29-24)28-19-6-7-20-18(11-19)14-27-31-20/h4-9,11-12,14-15,30H,10,13H2,1-3H3,(H,27,31)(H,26,28,29). The number of H-pyrrole nitrogens is 1. The van der Waals surface area contributed by atoms with Crippen molar-refractivity contribution in [2.45, 2.75) is 39.2 Å². The molecule has 162 valence electrons.